The molecule has 0 aliphatic heterocycles. The number of carbonyl (C=O) groups is 1. The Balaban J connectivity index is 1.95. The predicted octanol–water partition coefficient (Wildman–Crippen LogP) is 3.40. The van der Waals surface area contributed by atoms with Crippen LogP contribution in [-0.2, 0) is 0 Å². The molecule has 1 aromatic carbocycles. The van der Waals surface area contributed by atoms with E-state index in [0.717, 1.165) is 21.9 Å². The van der Waals surface area contributed by atoms with E-state index in [-0.39, 0.29) is 5.78 Å². The van der Waals surface area contributed by atoms with Crippen LogP contribution < -0.4 is 0 Å². The maximum absolute atomic E-state index is 12.3. The Labute approximate surface area is 118 Å². The summed E-state index contributed by atoms with van der Waals surface area (Å²) in [5.74, 6) is 0.279. The Hall–Kier alpha value is -2.53. The zero-order valence-corrected chi connectivity index (χ0v) is 11.1. The van der Waals surface area contributed by atoms with Crippen molar-refractivity contribution in [2.24, 2.45) is 0 Å². The third-order valence-electron chi connectivity index (χ3n) is 3.18. The van der Waals surface area contributed by atoms with Crippen LogP contribution in [0.1, 0.15) is 15.5 Å². The highest BCUT2D eigenvalue weighted by atomic mass is 32.1. The number of nitrogens with one attached hydrogen (secondary N) is 1. The van der Waals surface area contributed by atoms with Crippen molar-refractivity contribution in [1.82, 2.24) is 15.0 Å². The lowest BCUT2D eigenvalue weighted by molar-refractivity contribution is 0.103. The van der Waals surface area contributed by atoms with Gasteiger partial charge in [0.1, 0.15) is 5.52 Å². The number of fused-ring (bicyclic) bond motifs is 3. The summed E-state index contributed by atoms with van der Waals surface area (Å²) in [7, 11) is 0. The van der Waals surface area contributed by atoms with Gasteiger partial charge in [0.15, 0.2) is 5.82 Å². The topological polar surface area (TPSA) is 58.6 Å². The quantitative estimate of drug-likeness (QED) is 0.572. The molecule has 0 atom stereocenters. The SMILES string of the molecule is O=C(c1nc2c(cnc3ccccc32)[nH]1)c1cccs1. The number of para-hydroxylation sites is 1. The molecule has 0 aliphatic carbocycles. The van der Waals surface area contributed by atoms with Crippen LogP contribution >= 0.6 is 11.3 Å². The predicted molar refractivity (Wildman–Crippen MR) is 79.1 cm³/mol. The van der Waals surface area contributed by atoms with Gasteiger partial charge in [0.05, 0.1) is 22.1 Å². The summed E-state index contributed by atoms with van der Waals surface area (Å²) in [6, 6.07) is 11.4. The Morgan fingerprint density at radius 3 is 2.90 bits per heavy atom. The molecule has 96 valence electrons. The van der Waals surface area contributed by atoms with Crippen LogP contribution in [0, 0.1) is 0 Å². The summed E-state index contributed by atoms with van der Waals surface area (Å²) in [5, 5.41) is 2.83. The summed E-state index contributed by atoms with van der Waals surface area (Å²) < 4.78 is 0. The van der Waals surface area contributed by atoms with Gasteiger partial charge in [-0.1, -0.05) is 24.3 Å². The van der Waals surface area contributed by atoms with E-state index in [4.69, 9.17) is 0 Å². The van der Waals surface area contributed by atoms with Gasteiger partial charge < -0.3 is 4.98 Å². The number of imidazole rings is 1. The number of ketones is 1. The number of nitrogens with zero attached hydrogens (tertiary/aromatic N) is 2. The zero-order chi connectivity index (χ0) is 13.5. The number of aromatic amines is 1. The van der Waals surface area contributed by atoms with Crippen LogP contribution in [0.4, 0.5) is 0 Å². The minimum absolute atomic E-state index is 0.0831. The van der Waals surface area contributed by atoms with E-state index in [1.54, 1.807) is 12.3 Å². The van der Waals surface area contributed by atoms with Crippen LogP contribution in [0.15, 0.2) is 48.0 Å². The maximum atomic E-state index is 12.3. The smallest absolute Gasteiger partial charge is 0.238 e. The second-order valence-corrected chi connectivity index (χ2v) is 5.38. The molecule has 4 rings (SSSR count). The molecule has 0 unspecified atom stereocenters. The largest absolute Gasteiger partial charge is 0.334 e. The molecule has 0 fully saturated rings. The molecule has 5 heteroatoms. The number of hydrogen-bond donors (Lipinski definition) is 1. The Bertz CT molecular complexity index is 925. The number of hydrogen-bond acceptors (Lipinski definition) is 4. The van der Waals surface area contributed by atoms with Gasteiger partial charge in [-0.2, -0.15) is 0 Å². The summed E-state index contributed by atoms with van der Waals surface area (Å²) in [4.78, 5) is 24.9. The molecule has 0 saturated carbocycles. The van der Waals surface area contributed by atoms with Gasteiger partial charge in [-0.3, -0.25) is 9.78 Å². The highest BCUT2D eigenvalue weighted by Gasteiger charge is 2.16. The molecule has 4 aromatic rings. The van der Waals surface area contributed by atoms with E-state index < -0.39 is 0 Å². The van der Waals surface area contributed by atoms with Crippen molar-refractivity contribution in [3.05, 3.63) is 58.7 Å². The maximum Gasteiger partial charge on any atom is 0.238 e. The molecule has 1 N–H and O–H groups in total. The van der Waals surface area contributed by atoms with E-state index in [9.17, 15) is 4.79 Å². The molecule has 3 heterocycles. The lowest BCUT2D eigenvalue weighted by Gasteiger charge is -1.95. The first-order valence-electron chi connectivity index (χ1n) is 6.14. The molecule has 0 radical (unpaired) electrons. The number of thiophene rings is 1. The summed E-state index contributed by atoms with van der Waals surface area (Å²) in [6.07, 6.45) is 1.72. The second kappa shape index (κ2) is 4.25. The average molecular weight is 279 g/mol. The van der Waals surface area contributed by atoms with E-state index in [1.807, 2.05) is 35.7 Å². The summed E-state index contributed by atoms with van der Waals surface area (Å²) in [5.41, 5.74) is 2.45. The van der Waals surface area contributed by atoms with Crippen molar-refractivity contribution in [2.75, 3.05) is 0 Å². The summed E-state index contributed by atoms with van der Waals surface area (Å²) in [6.45, 7) is 0. The lowest BCUT2D eigenvalue weighted by Crippen LogP contribution is -2.00. The Morgan fingerprint density at radius 1 is 1.15 bits per heavy atom. The number of H-pyrrole nitrogens is 1. The van der Waals surface area contributed by atoms with Crippen molar-refractivity contribution in [3.63, 3.8) is 0 Å². The monoisotopic (exact) mass is 279 g/mol. The normalized spacial score (nSPS) is 11.2. The fourth-order valence-corrected chi connectivity index (χ4v) is 2.90. The van der Waals surface area contributed by atoms with Crippen LogP contribution in [0.3, 0.4) is 0 Å². The first kappa shape index (κ1) is 11.3. The number of pyridine rings is 1. The van der Waals surface area contributed by atoms with Gasteiger partial charge >= 0.3 is 0 Å². The molecule has 0 amide bonds. The van der Waals surface area contributed by atoms with Crippen molar-refractivity contribution in [1.29, 1.82) is 0 Å². The van der Waals surface area contributed by atoms with Crippen LogP contribution in [0.5, 0.6) is 0 Å². The molecule has 0 spiro atoms. The first-order chi connectivity index (χ1) is 9.83. The van der Waals surface area contributed by atoms with E-state index in [2.05, 4.69) is 15.0 Å². The molecule has 0 aliphatic rings. The van der Waals surface area contributed by atoms with Gasteiger partial charge in [-0.25, -0.2) is 4.98 Å². The minimum Gasteiger partial charge on any atom is -0.334 e. The van der Waals surface area contributed by atoms with Gasteiger partial charge in [-0.15, -0.1) is 11.3 Å². The fraction of sp³-hybridized carbons (Fsp3) is 0. The highest BCUT2D eigenvalue weighted by molar-refractivity contribution is 7.12. The third-order valence-corrected chi connectivity index (χ3v) is 4.05. The highest BCUT2D eigenvalue weighted by Crippen LogP contribution is 2.22. The number of benzene rings is 1. The second-order valence-electron chi connectivity index (χ2n) is 4.43. The van der Waals surface area contributed by atoms with Crippen molar-refractivity contribution >= 4 is 39.1 Å². The zero-order valence-electron chi connectivity index (χ0n) is 10.3. The van der Waals surface area contributed by atoms with Crippen LogP contribution in [0.25, 0.3) is 21.9 Å². The van der Waals surface area contributed by atoms with Crippen molar-refractivity contribution < 1.29 is 4.79 Å². The van der Waals surface area contributed by atoms with Crippen LogP contribution in [-0.4, -0.2) is 20.7 Å². The van der Waals surface area contributed by atoms with Gasteiger partial charge in [0, 0.05) is 5.39 Å². The molecular formula is C15H9N3OS. The van der Waals surface area contributed by atoms with Gasteiger partial charge in [-0.05, 0) is 17.5 Å². The molecule has 3 aromatic heterocycles. The molecule has 20 heavy (non-hydrogen) atoms. The number of carbonyl (C=O) groups excluding carboxylic acids is 1. The number of rotatable bonds is 2. The van der Waals surface area contributed by atoms with Crippen molar-refractivity contribution in [2.45, 2.75) is 0 Å². The minimum atomic E-state index is -0.0831. The van der Waals surface area contributed by atoms with E-state index >= 15 is 0 Å². The average Bonchev–Trinajstić information content (AvgIpc) is 3.15. The molecule has 0 bridgehead atoms. The Morgan fingerprint density at radius 2 is 2.05 bits per heavy atom. The van der Waals surface area contributed by atoms with E-state index in [1.165, 1.54) is 11.3 Å². The van der Waals surface area contributed by atoms with Gasteiger partial charge in [0.25, 0.3) is 0 Å². The van der Waals surface area contributed by atoms with Gasteiger partial charge in [0.2, 0.25) is 5.78 Å². The van der Waals surface area contributed by atoms with E-state index in [0.29, 0.717) is 10.7 Å². The van der Waals surface area contributed by atoms with Crippen LogP contribution in [0.2, 0.25) is 0 Å². The standard InChI is InChI=1S/C15H9N3OS/c19-14(12-6-3-7-20-12)15-17-11-8-16-10-5-2-1-4-9(10)13(11)18-15/h1-8H,(H,17,18). The Kier molecular flexibility index (Phi) is 2.40. The fourth-order valence-electron chi connectivity index (χ4n) is 2.24. The summed E-state index contributed by atoms with van der Waals surface area (Å²) >= 11 is 1.41. The third kappa shape index (κ3) is 1.64. The first-order valence-corrected chi connectivity index (χ1v) is 7.02. The molecular weight excluding hydrogens is 270 g/mol. The molecule has 0 saturated heterocycles. The molecule has 4 nitrogen and oxygen atoms in total. The lowest BCUT2D eigenvalue weighted by atomic mass is 10.2. The van der Waals surface area contributed by atoms with Crippen molar-refractivity contribution in [3.8, 4) is 0 Å². The number of aromatic nitrogens is 3.